The number of halogens is 1. The fourth-order valence-corrected chi connectivity index (χ4v) is 2.64. The lowest BCUT2D eigenvalue weighted by atomic mass is 10.1. The van der Waals surface area contributed by atoms with Crippen LogP contribution < -0.4 is 15.6 Å². The average molecular weight is 396 g/mol. The van der Waals surface area contributed by atoms with Gasteiger partial charge in [-0.15, -0.1) is 0 Å². The number of nitrogens with one attached hydrogen (secondary N) is 2. The van der Waals surface area contributed by atoms with Gasteiger partial charge in [-0.25, -0.2) is 4.39 Å². The molecule has 7 heteroatoms. The predicted molar refractivity (Wildman–Crippen MR) is 106 cm³/mol. The van der Waals surface area contributed by atoms with Crippen molar-refractivity contribution < 1.29 is 23.1 Å². The maximum atomic E-state index is 13.8. The number of rotatable bonds is 5. The highest BCUT2D eigenvalue weighted by Gasteiger charge is 2.19. The highest BCUT2D eigenvalue weighted by atomic mass is 19.1. The van der Waals surface area contributed by atoms with Gasteiger partial charge in [-0.1, -0.05) is 24.3 Å². The minimum absolute atomic E-state index is 0.0633. The smallest absolute Gasteiger partial charge is 0.305 e. The molecule has 0 radical (unpaired) electrons. The topological polar surface area (TPSA) is 80.6 Å². The third-order valence-electron chi connectivity index (χ3n) is 4.50. The first-order chi connectivity index (χ1) is 13.9. The summed E-state index contributed by atoms with van der Waals surface area (Å²) in [6, 6.07) is 14.5. The number of benzene rings is 2. The molecule has 0 unspecified atom stereocenters. The summed E-state index contributed by atoms with van der Waals surface area (Å²) < 4.78 is 24.9. The Kier molecular flexibility index (Phi) is 5.97. The van der Waals surface area contributed by atoms with Crippen LogP contribution in [0, 0.1) is 19.7 Å². The molecule has 1 aromatic heterocycles. The predicted octanol–water partition coefficient (Wildman–Crippen LogP) is 3.93. The Morgan fingerprint density at radius 2 is 1.76 bits per heavy atom. The molecule has 2 aromatic carbocycles. The minimum atomic E-state index is -0.832. The Bertz CT molecular complexity index is 1040. The molecule has 0 aliphatic carbocycles. The normalized spacial score (nSPS) is 11.6. The fraction of sp³-hybridized carbons (Fsp3) is 0.182. The van der Waals surface area contributed by atoms with Gasteiger partial charge in [-0.2, -0.15) is 0 Å². The summed E-state index contributed by atoms with van der Waals surface area (Å²) in [6.07, 6.45) is -0.832. The molecule has 0 spiro atoms. The van der Waals surface area contributed by atoms with Crippen molar-refractivity contribution in [3.8, 4) is 17.1 Å². The summed E-state index contributed by atoms with van der Waals surface area (Å²) in [7, 11) is 0. The van der Waals surface area contributed by atoms with E-state index in [1.807, 2.05) is 26.0 Å². The molecule has 0 fully saturated rings. The quantitative estimate of drug-likeness (QED) is 0.641. The average Bonchev–Trinajstić information content (AvgIpc) is 3.19. The van der Waals surface area contributed by atoms with Crippen molar-refractivity contribution in [1.29, 1.82) is 0 Å². The molecule has 0 aliphatic rings. The molecule has 6 nitrogen and oxygen atoms in total. The van der Waals surface area contributed by atoms with Crippen molar-refractivity contribution in [3.63, 3.8) is 0 Å². The van der Waals surface area contributed by atoms with Crippen molar-refractivity contribution in [3.05, 3.63) is 77.3 Å². The maximum Gasteiger partial charge on any atom is 0.305 e. The van der Waals surface area contributed by atoms with E-state index in [9.17, 15) is 14.0 Å². The van der Waals surface area contributed by atoms with E-state index in [1.165, 1.54) is 18.2 Å². The molecule has 3 rings (SSSR count). The van der Waals surface area contributed by atoms with Gasteiger partial charge in [-0.3, -0.25) is 20.4 Å². The second-order valence-electron chi connectivity index (χ2n) is 6.55. The van der Waals surface area contributed by atoms with Gasteiger partial charge in [0.25, 0.3) is 5.91 Å². The lowest BCUT2D eigenvalue weighted by molar-refractivity contribution is -0.128. The van der Waals surface area contributed by atoms with Gasteiger partial charge in [0.2, 0.25) is 0 Å². The third-order valence-corrected chi connectivity index (χ3v) is 4.50. The van der Waals surface area contributed by atoms with Crippen molar-refractivity contribution in [2.24, 2.45) is 0 Å². The van der Waals surface area contributed by atoms with E-state index in [-0.39, 0.29) is 17.1 Å². The van der Waals surface area contributed by atoms with Crippen LogP contribution in [0.2, 0.25) is 0 Å². The Morgan fingerprint density at radius 3 is 2.52 bits per heavy atom. The molecule has 0 aliphatic heterocycles. The molecule has 2 amide bonds. The summed E-state index contributed by atoms with van der Waals surface area (Å²) in [6.45, 7) is 5.43. The molecule has 3 aromatic rings. The van der Waals surface area contributed by atoms with E-state index in [2.05, 4.69) is 10.9 Å². The molecule has 150 valence electrons. The number of carbonyl (C=O) groups excluding carboxylic acids is 2. The number of hydrogen-bond acceptors (Lipinski definition) is 4. The second kappa shape index (κ2) is 8.60. The van der Waals surface area contributed by atoms with Crippen LogP contribution in [0.5, 0.6) is 5.75 Å². The zero-order chi connectivity index (χ0) is 21.0. The molecule has 1 heterocycles. The van der Waals surface area contributed by atoms with Crippen molar-refractivity contribution in [2.45, 2.75) is 26.9 Å². The lowest BCUT2D eigenvalue weighted by Gasteiger charge is -2.17. The number of hydrogen-bond donors (Lipinski definition) is 2. The van der Waals surface area contributed by atoms with E-state index in [4.69, 9.17) is 9.15 Å². The first kappa shape index (κ1) is 20.1. The number of amides is 2. The van der Waals surface area contributed by atoms with E-state index in [0.717, 1.165) is 11.1 Å². The first-order valence-corrected chi connectivity index (χ1v) is 9.04. The van der Waals surface area contributed by atoms with Gasteiger partial charge < -0.3 is 9.15 Å². The summed E-state index contributed by atoms with van der Waals surface area (Å²) in [5.74, 6) is -0.906. The van der Waals surface area contributed by atoms with Crippen LogP contribution in [-0.4, -0.2) is 17.9 Å². The Labute approximate surface area is 167 Å². The Balaban J connectivity index is 1.58. The fourth-order valence-electron chi connectivity index (χ4n) is 2.64. The highest BCUT2D eigenvalue weighted by molar-refractivity contribution is 5.94. The van der Waals surface area contributed by atoms with Gasteiger partial charge in [0.1, 0.15) is 17.3 Å². The summed E-state index contributed by atoms with van der Waals surface area (Å²) in [5, 5.41) is 0. The second-order valence-corrected chi connectivity index (χ2v) is 6.55. The van der Waals surface area contributed by atoms with Gasteiger partial charge in [0, 0.05) is 0 Å². The number of aryl methyl sites for hydroxylation is 1. The highest BCUT2D eigenvalue weighted by Crippen LogP contribution is 2.25. The molecular weight excluding hydrogens is 375 g/mol. The van der Waals surface area contributed by atoms with Crippen LogP contribution in [0.15, 0.2) is 59.0 Å². The van der Waals surface area contributed by atoms with Crippen LogP contribution >= 0.6 is 0 Å². The largest absolute Gasteiger partial charge is 0.481 e. The van der Waals surface area contributed by atoms with Gasteiger partial charge in [0.05, 0.1) is 5.56 Å². The van der Waals surface area contributed by atoms with Crippen LogP contribution in [-0.2, 0) is 4.79 Å². The van der Waals surface area contributed by atoms with Crippen molar-refractivity contribution in [2.75, 3.05) is 0 Å². The van der Waals surface area contributed by atoms with Crippen molar-refractivity contribution in [1.82, 2.24) is 10.9 Å². The van der Waals surface area contributed by atoms with E-state index >= 15 is 0 Å². The monoisotopic (exact) mass is 396 g/mol. The number of furan rings is 1. The standard InChI is InChI=1S/C22H21FN2O4/c1-13-7-6-10-18(14(13)2)28-15(3)21(26)24-25-22(27)20-12-11-19(29-20)16-8-4-5-9-17(16)23/h4-12,15H,1-3H3,(H,24,26)(H,25,27)/t15-/m0/s1. The van der Waals surface area contributed by atoms with Gasteiger partial charge >= 0.3 is 5.91 Å². The molecule has 1 atom stereocenters. The van der Waals surface area contributed by atoms with Crippen LogP contribution in [0.1, 0.15) is 28.6 Å². The molecule has 0 saturated carbocycles. The Morgan fingerprint density at radius 1 is 1.00 bits per heavy atom. The van der Waals surface area contributed by atoms with Crippen LogP contribution in [0.4, 0.5) is 4.39 Å². The van der Waals surface area contributed by atoms with Crippen LogP contribution in [0.3, 0.4) is 0 Å². The molecular formula is C22H21FN2O4. The Hall–Kier alpha value is -3.61. The first-order valence-electron chi connectivity index (χ1n) is 9.04. The number of ether oxygens (including phenoxy) is 1. The zero-order valence-electron chi connectivity index (χ0n) is 16.3. The molecule has 0 bridgehead atoms. The lowest BCUT2D eigenvalue weighted by Crippen LogP contribution is -2.47. The summed E-state index contributed by atoms with van der Waals surface area (Å²) in [5.41, 5.74) is 6.79. The minimum Gasteiger partial charge on any atom is -0.481 e. The summed E-state index contributed by atoms with van der Waals surface area (Å²) in [4.78, 5) is 24.4. The molecule has 0 saturated heterocycles. The van der Waals surface area contributed by atoms with Crippen molar-refractivity contribution >= 4 is 11.8 Å². The van der Waals surface area contributed by atoms with E-state index < -0.39 is 23.7 Å². The number of hydrazine groups is 1. The summed E-state index contributed by atoms with van der Waals surface area (Å²) >= 11 is 0. The molecule has 2 N–H and O–H groups in total. The zero-order valence-corrected chi connectivity index (χ0v) is 16.3. The van der Waals surface area contributed by atoms with Gasteiger partial charge in [-0.05, 0) is 62.2 Å². The van der Waals surface area contributed by atoms with E-state index in [1.54, 1.807) is 31.2 Å². The number of carbonyl (C=O) groups is 2. The maximum absolute atomic E-state index is 13.8. The van der Waals surface area contributed by atoms with E-state index in [0.29, 0.717) is 5.75 Å². The molecule has 29 heavy (non-hydrogen) atoms. The van der Waals surface area contributed by atoms with Crippen LogP contribution in [0.25, 0.3) is 11.3 Å². The SMILES string of the molecule is Cc1cccc(O[C@@H](C)C(=O)NNC(=O)c2ccc(-c3ccccc3F)o2)c1C. The third kappa shape index (κ3) is 4.63. The van der Waals surface area contributed by atoms with Gasteiger partial charge in [0.15, 0.2) is 11.9 Å².